The lowest BCUT2D eigenvalue weighted by Crippen LogP contribution is -2.47. The van der Waals surface area contributed by atoms with Gasteiger partial charge in [-0.15, -0.1) is 0 Å². The number of anilines is 1. The van der Waals surface area contributed by atoms with Gasteiger partial charge in [0.2, 0.25) is 0 Å². The third-order valence-corrected chi connectivity index (χ3v) is 4.50. The summed E-state index contributed by atoms with van der Waals surface area (Å²) in [7, 11) is 1.77. The van der Waals surface area contributed by atoms with E-state index in [0.717, 1.165) is 25.8 Å². The normalized spacial score (nSPS) is 24.3. The number of morpholine rings is 1. The lowest BCUT2D eigenvalue weighted by Gasteiger charge is -2.36. The zero-order valence-corrected chi connectivity index (χ0v) is 13.2. The SMILES string of the molecule is C[C@@H]1CN(CCN(C)c2ncc(C(F)(F)F)s2)C[C@H](C)O1. The van der Waals surface area contributed by atoms with Crippen molar-refractivity contribution in [2.24, 2.45) is 0 Å². The molecule has 1 aromatic heterocycles. The largest absolute Gasteiger partial charge is 0.427 e. The minimum atomic E-state index is -4.31. The van der Waals surface area contributed by atoms with Crippen LogP contribution in [0.15, 0.2) is 6.20 Å². The number of likely N-dealkylation sites (N-methyl/N-ethyl adjacent to an activating group) is 1. The summed E-state index contributed by atoms with van der Waals surface area (Å²) in [5.41, 5.74) is 0. The Morgan fingerprint density at radius 1 is 1.38 bits per heavy atom. The smallest absolute Gasteiger partial charge is 0.373 e. The van der Waals surface area contributed by atoms with Gasteiger partial charge in [-0.2, -0.15) is 13.2 Å². The van der Waals surface area contributed by atoms with Crippen molar-refractivity contribution in [3.63, 3.8) is 0 Å². The fourth-order valence-electron chi connectivity index (χ4n) is 2.43. The molecular weight excluding hydrogens is 303 g/mol. The number of hydrogen-bond donors (Lipinski definition) is 0. The Morgan fingerprint density at radius 2 is 2.00 bits per heavy atom. The molecule has 0 radical (unpaired) electrons. The molecule has 1 saturated heterocycles. The van der Waals surface area contributed by atoms with E-state index in [1.807, 2.05) is 13.8 Å². The van der Waals surface area contributed by atoms with Crippen LogP contribution in [0.4, 0.5) is 18.3 Å². The molecule has 2 heterocycles. The molecule has 2 atom stereocenters. The van der Waals surface area contributed by atoms with Crippen LogP contribution in [0.25, 0.3) is 0 Å². The van der Waals surface area contributed by atoms with Crippen LogP contribution in [0.2, 0.25) is 0 Å². The van der Waals surface area contributed by atoms with Crippen LogP contribution >= 0.6 is 11.3 Å². The van der Waals surface area contributed by atoms with Gasteiger partial charge in [0.05, 0.1) is 18.4 Å². The van der Waals surface area contributed by atoms with Gasteiger partial charge in [-0.1, -0.05) is 11.3 Å². The average Bonchev–Trinajstić information content (AvgIpc) is 2.84. The van der Waals surface area contributed by atoms with E-state index in [0.29, 0.717) is 23.0 Å². The summed E-state index contributed by atoms with van der Waals surface area (Å²) in [4.78, 5) is 7.24. The Hall–Kier alpha value is -0.860. The number of rotatable bonds is 4. The van der Waals surface area contributed by atoms with Crippen LogP contribution < -0.4 is 4.90 Å². The van der Waals surface area contributed by atoms with Crippen LogP contribution in [0.1, 0.15) is 18.7 Å². The van der Waals surface area contributed by atoms with Crippen molar-refractivity contribution in [1.82, 2.24) is 9.88 Å². The van der Waals surface area contributed by atoms with E-state index in [-0.39, 0.29) is 12.2 Å². The van der Waals surface area contributed by atoms with Crippen molar-refractivity contribution >= 4 is 16.5 Å². The molecule has 4 nitrogen and oxygen atoms in total. The van der Waals surface area contributed by atoms with Crippen molar-refractivity contribution in [1.29, 1.82) is 0 Å². The number of hydrogen-bond acceptors (Lipinski definition) is 5. The summed E-state index contributed by atoms with van der Waals surface area (Å²) in [5.74, 6) is 0. The minimum absolute atomic E-state index is 0.191. The maximum Gasteiger partial charge on any atom is 0.427 e. The van der Waals surface area contributed by atoms with E-state index >= 15 is 0 Å². The lowest BCUT2D eigenvalue weighted by atomic mass is 10.2. The molecule has 8 heteroatoms. The number of alkyl halides is 3. The Morgan fingerprint density at radius 3 is 2.52 bits per heavy atom. The average molecular weight is 323 g/mol. The molecule has 0 aliphatic carbocycles. The quantitative estimate of drug-likeness (QED) is 0.852. The maximum absolute atomic E-state index is 12.6. The zero-order valence-electron chi connectivity index (χ0n) is 12.4. The fraction of sp³-hybridized carbons (Fsp3) is 0.769. The van der Waals surface area contributed by atoms with Gasteiger partial charge >= 0.3 is 6.18 Å². The summed E-state index contributed by atoms with van der Waals surface area (Å²) in [6.45, 7) is 7.19. The lowest BCUT2D eigenvalue weighted by molar-refractivity contribution is -0.134. The van der Waals surface area contributed by atoms with Gasteiger partial charge in [0.15, 0.2) is 5.13 Å². The van der Waals surface area contributed by atoms with Gasteiger partial charge in [0.25, 0.3) is 0 Å². The number of aromatic nitrogens is 1. The maximum atomic E-state index is 12.6. The van der Waals surface area contributed by atoms with Crippen LogP contribution in [-0.4, -0.2) is 55.3 Å². The van der Waals surface area contributed by atoms with Crippen LogP contribution in [-0.2, 0) is 10.9 Å². The third kappa shape index (κ3) is 4.55. The van der Waals surface area contributed by atoms with E-state index in [1.165, 1.54) is 0 Å². The third-order valence-electron chi connectivity index (χ3n) is 3.35. The molecule has 0 aromatic carbocycles. The van der Waals surface area contributed by atoms with Crippen molar-refractivity contribution in [3.8, 4) is 0 Å². The van der Waals surface area contributed by atoms with Crippen molar-refractivity contribution in [2.45, 2.75) is 32.2 Å². The Labute approximate surface area is 126 Å². The molecule has 0 saturated carbocycles. The first-order chi connectivity index (χ1) is 9.75. The van der Waals surface area contributed by atoms with Crippen LogP contribution in [0.5, 0.6) is 0 Å². The minimum Gasteiger partial charge on any atom is -0.373 e. The summed E-state index contributed by atoms with van der Waals surface area (Å²) in [6, 6.07) is 0. The molecule has 21 heavy (non-hydrogen) atoms. The Kier molecular flexibility index (Phi) is 5.11. The fourth-order valence-corrected chi connectivity index (χ4v) is 3.20. The molecule has 0 unspecified atom stereocenters. The number of ether oxygens (including phenoxy) is 1. The Bertz CT molecular complexity index is 456. The van der Waals surface area contributed by atoms with Gasteiger partial charge in [-0.3, -0.25) is 4.90 Å². The molecule has 0 amide bonds. The van der Waals surface area contributed by atoms with E-state index in [9.17, 15) is 13.2 Å². The number of thiazole rings is 1. The molecule has 2 rings (SSSR count). The van der Waals surface area contributed by atoms with Gasteiger partial charge in [0, 0.05) is 33.2 Å². The predicted octanol–water partition coefficient (Wildman–Crippen LogP) is 2.71. The summed E-state index contributed by atoms with van der Waals surface area (Å²) < 4.78 is 43.3. The highest BCUT2D eigenvalue weighted by atomic mass is 32.1. The van der Waals surface area contributed by atoms with Gasteiger partial charge < -0.3 is 9.64 Å². The standard InChI is InChI=1S/C13H20F3N3OS/c1-9-7-19(8-10(2)20-9)5-4-18(3)12-17-6-11(21-12)13(14,15)16/h6,9-10H,4-5,7-8H2,1-3H3/t9-,10+. The predicted molar refractivity (Wildman–Crippen MR) is 76.8 cm³/mol. The molecule has 1 aliphatic rings. The van der Waals surface area contributed by atoms with Crippen molar-refractivity contribution in [3.05, 3.63) is 11.1 Å². The topological polar surface area (TPSA) is 28.6 Å². The monoisotopic (exact) mass is 323 g/mol. The molecule has 0 spiro atoms. The number of halogens is 3. The molecule has 1 fully saturated rings. The molecule has 0 N–H and O–H groups in total. The Balaban J connectivity index is 1.87. The molecule has 1 aliphatic heterocycles. The second-order valence-corrected chi connectivity index (χ2v) is 6.45. The van der Waals surface area contributed by atoms with Crippen LogP contribution in [0.3, 0.4) is 0 Å². The van der Waals surface area contributed by atoms with E-state index in [4.69, 9.17) is 4.74 Å². The summed E-state index contributed by atoms with van der Waals surface area (Å²) in [5, 5.41) is 0.400. The van der Waals surface area contributed by atoms with Crippen molar-refractivity contribution < 1.29 is 17.9 Å². The highest BCUT2D eigenvalue weighted by Crippen LogP contribution is 2.35. The first kappa shape index (κ1) is 16.5. The molecule has 0 bridgehead atoms. The van der Waals surface area contributed by atoms with E-state index < -0.39 is 11.1 Å². The highest BCUT2D eigenvalue weighted by molar-refractivity contribution is 7.15. The molecule has 1 aromatic rings. The second kappa shape index (κ2) is 6.50. The highest BCUT2D eigenvalue weighted by Gasteiger charge is 2.33. The van der Waals surface area contributed by atoms with Crippen LogP contribution in [0, 0.1) is 0 Å². The first-order valence-corrected chi connectivity index (χ1v) is 7.69. The van der Waals surface area contributed by atoms with E-state index in [1.54, 1.807) is 11.9 Å². The van der Waals surface area contributed by atoms with Gasteiger partial charge in [-0.25, -0.2) is 4.98 Å². The summed E-state index contributed by atoms with van der Waals surface area (Å²) >= 11 is 0.682. The van der Waals surface area contributed by atoms with Gasteiger partial charge in [0.1, 0.15) is 4.88 Å². The zero-order chi connectivity index (χ0) is 15.6. The molecular formula is C13H20F3N3OS. The molecule has 120 valence electrons. The number of nitrogens with zero attached hydrogens (tertiary/aromatic N) is 3. The van der Waals surface area contributed by atoms with Crippen molar-refractivity contribution in [2.75, 3.05) is 38.1 Å². The summed E-state index contributed by atoms with van der Waals surface area (Å²) in [6.07, 6.45) is -3.03. The van der Waals surface area contributed by atoms with E-state index in [2.05, 4.69) is 9.88 Å². The second-order valence-electron chi connectivity index (χ2n) is 5.44. The first-order valence-electron chi connectivity index (χ1n) is 6.87. The van der Waals surface area contributed by atoms with Gasteiger partial charge in [-0.05, 0) is 13.8 Å².